The highest BCUT2D eigenvalue weighted by molar-refractivity contribution is 8.13. The van der Waals surface area contributed by atoms with Gasteiger partial charge >= 0.3 is 22.8 Å². The van der Waals surface area contributed by atoms with E-state index in [4.69, 9.17) is 9.47 Å². The zero-order chi connectivity index (χ0) is 30.7. The van der Waals surface area contributed by atoms with Gasteiger partial charge in [-0.15, -0.1) is 0 Å². The molecule has 0 saturated carbocycles. The summed E-state index contributed by atoms with van der Waals surface area (Å²) in [6.45, 7) is 11.7. The van der Waals surface area contributed by atoms with E-state index in [1.54, 1.807) is 5.72 Å². The molecule has 0 aliphatic carbocycles. The van der Waals surface area contributed by atoms with E-state index in [2.05, 4.69) is 36.8 Å². The van der Waals surface area contributed by atoms with E-state index in [9.17, 15) is 43.2 Å². The van der Waals surface area contributed by atoms with Crippen molar-refractivity contribution in [2.24, 2.45) is 11.8 Å². The lowest BCUT2D eigenvalue weighted by molar-refractivity contribution is -0.695. The van der Waals surface area contributed by atoms with Crippen LogP contribution in [0.5, 0.6) is 11.8 Å². The van der Waals surface area contributed by atoms with E-state index in [1.165, 1.54) is 38.5 Å². The van der Waals surface area contributed by atoms with Crippen LogP contribution in [0.1, 0.15) is 78.3 Å². The first-order chi connectivity index (χ1) is 18.8. The molecule has 234 valence electrons. The molecule has 18 heteroatoms. The average molecular weight is 637 g/mol. The van der Waals surface area contributed by atoms with Crippen LogP contribution in [0, 0.1) is 11.8 Å². The van der Waals surface area contributed by atoms with Crippen molar-refractivity contribution in [3.05, 3.63) is 4.13 Å². The molecule has 5 rings (SSSR count). The minimum Gasteiger partial charge on any atom is -0.452 e. The van der Waals surface area contributed by atoms with Crippen molar-refractivity contribution in [3.8, 4) is 11.8 Å². The van der Waals surface area contributed by atoms with Crippen molar-refractivity contribution < 1.29 is 57.2 Å². The molecule has 1 aromatic heterocycles. The molecular formula is C23H34BF6N3O6S2. The predicted octanol–water partition coefficient (Wildman–Crippen LogP) is 4.82. The Morgan fingerprint density at radius 2 is 1.32 bits per heavy atom. The first kappa shape index (κ1) is 32.2. The Kier molecular flexibility index (Phi) is 8.73. The molecule has 4 aliphatic rings. The molecule has 0 N–H and O–H groups in total. The monoisotopic (exact) mass is 637 g/mol. The number of hydrogen-bond acceptors (Lipinski definition) is 6. The Morgan fingerprint density at radius 1 is 0.829 bits per heavy atom. The molecule has 0 amide bonds. The molecule has 2 fully saturated rings. The van der Waals surface area contributed by atoms with Gasteiger partial charge in [0.2, 0.25) is 5.72 Å². The summed E-state index contributed by atoms with van der Waals surface area (Å²) in [5.41, 5.74) is -10.8. The maximum absolute atomic E-state index is 11.4. The van der Waals surface area contributed by atoms with Gasteiger partial charge in [0, 0.05) is 0 Å². The number of alkyl halides is 6. The predicted molar refractivity (Wildman–Crippen MR) is 137 cm³/mol. The van der Waals surface area contributed by atoms with Gasteiger partial charge in [-0.2, -0.15) is 35.5 Å². The highest BCUT2D eigenvalue weighted by atomic mass is 32.3. The summed E-state index contributed by atoms with van der Waals surface area (Å²) in [4.78, 5) is 0. The van der Waals surface area contributed by atoms with Crippen LogP contribution in [0.4, 0.5) is 26.3 Å². The summed E-state index contributed by atoms with van der Waals surface area (Å²) in [5.74, 6) is 4.96. The molecule has 4 aliphatic heterocycles. The van der Waals surface area contributed by atoms with Crippen LogP contribution in [-0.2, 0) is 20.0 Å². The molecular weight excluding hydrogens is 603 g/mol. The second-order valence-corrected chi connectivity index (χ2v) is 15.2. The lowest BCUT2D eigenvalue weighted by Gasteiger charge is -2.38. The van der Waals surface area contributed by atoms with Crippen LogP contribution in [0.2, 0.25) is 11.6 Å². The fourth-order valence-corrected chi connectivity index (χ4v) is 8.24. The number of fused-ring (bicyclic) bond motifs is 5. The van der Waals surface area contributed by atoms with Gasteiger partial charge in [-0.05, 0) is 23.5 Å². The van der Waals surface area contributed by atoms with Gasteiger partial charge in [0.1, 0.15) is 25.3 Å². The summed E-state index contributed by atoms with van der Waals surface area (Å²) in [6.07, 6.45) is 8.52. The van der Waals surface area contributed by atoms with E-state index >= 15 is 0 Å². The Hall–Kier alpha value is -1.69. The second-order valence-electron chi connectivity index (χ2n) is 11.8. The zero-order valence-electron chi connectivity index (χ0n) is 23.1. The van der Waals surface area contributed by atoms with Crippen molar-refractivity contribution in [2.75, 3.05) is 13.2 Å². The first-order valence-corrected chi connectivity index (χ1v) is 16.5. The fourth-order valence-electron chi connectivity index (χ4n) is 6.53. The second kappa shape index (κ2) is 11.1. The van der Waals surface area contributed by atoms with E-state index in [0.717, 1.165) is 40.7 Å². The lowest BCUT2D eigenvalue weighted by atomic mass is 9.26. The SMILES string of the molecule is CC(C)[C@H]1COc2c3[n+](c(B4C5CCCC4CCC5)n21)[C@@H](C(C)C)CO3.O=S(=O)([N-]S(=O)(=O)C(F)(F)F)C(F)(F)F. The van der Waals surface area contributed by atoms with Crippen molar-refractivity contribution in [3.63, 3.8) is 0 Å². The van der Waals surface area contributed by atoms with Gasteiger partial charge in [0.25, 0.3) is 6.71 Å². The van der Waals surface area contributed by atoms with Gasteiger partial charge in [0.05, 0.1) is 0 Å². The molecule has 0 radical (unpaired) electrons. The molecule has 0 unspecified atom stereocenters. The van der Waals surface area contributed by atoms with Gasteiger partial charge in [-0.3, -0.25) is 0 Å². The molecule has 1 aromatic rings. The highest BCUT2D eigenvalue weighted by Gasteiger charge is 2.56. The van der Waals surface area contributed by atoms with Crippen LogP contribution in [0.3, 0.4) is 0 Å². The van der Waals surface area contributed by atoms with Crippen molar-refractivity contribution in [1.82, 2.24) is 4.57 Å². The van der Waals surface area contributed by atoms with E-state index < -0.39 is 31.1 Å². The molecule has 9 nitrogen and oxygen atoms in total. The number of rotatable bonds is 5. The van der Waals surface area contributed by atoms with Crippen LogP contribution in [0.25, 0.3) is 4.13 Å². The van der Waals surface area contributed by atoms with Crippen LogP contribution in [0.15, 0.2) is 0 Å². The molecule has 0 aromatic carbocycles. The fraction of sp³-hybridized carbons (Fsp3) is 0.870. The molecule has 2 saturated heterocycles. The minimum atomic E-state index is -6.72. The van der Waals surface area contributed by atoms with Crippen molar-refractivity contribution in [1.29, 1.82) is 0 Å². The third-order valence-corrected chi connectivity index (χ3v) is 11.2. The third-order valence-electron chi connectivity index (χ3n) is 8.49. The number of aromatic nitrogens is 2. The summed E-state index contributed by atoms with van der Waals surface area (Å²) in [6, 6.07) is 0.911. The maximum atomic E-state index is 11.4. The zero-order valence-corrected chi connectivity index (χ0v) is 24.7. The van der Waals surface area contributed by atoms with E-state index in [1.807, 2.05) is 0 Å². The van der Waals surface area contributed by atoms with Crippen LogP contribution in [-0.4, -0.2) is 52.3 Å². The number of sulfonamides is 2. The number of hydrogen-bond donors (Lipinski definition) is 0. The number of halogens is 6. The van der Waals surface area contributed by atoms with E-state index in [0.29, 0.717) is 30.6 Å². The van der Waals surface area contributed by atoms with Crippen LogP contribution >= 0.6 is 0 Å². The topological polar surface area (TPSA) is 110 Å². The summed E-state index contributed by atoms with van der Waals surface area (Å²) in [7, 11) is -13.4. The number of ether oxygens (including phenoxy) is 2. The summed E-state index contributed by atoms with van der Waals surface area (Å²) >= 11 is 0. The molecule has 41 heavy (non-hydrogen) atoms. The van der Waals surface area contributed by atoms with Gasteiger partial charge in [0.15, 0.2) is 20.0 Å². The first-order valence-electron chi connectivity index (χ1n) is 13.6. The molecule has 2 atom stereocenters. The third kappa shape index (κ3) is 5.93. The van der Waals surface area contributed by atoms with Crippen LogP contribution < -0.4 is 19.8 Å². The Morgan fingerprint density at radius 3 is 1.73 bits per heavy atom. The highest BCUT2D eigenvalue weighted by Crippen LogP contribution is 2.48. The minimum absolute atomic E-state index is 0.456. The molecule has 5 heterocycles. The summed E-state index contributed by atoms with van der Waals surface area (Å²) in [5, 5.41) is 0. The van der Waals surface area contributed by atoms with Gasteiger partial charge in [-0.25, -0.2) is 16.8 Å². The Bertz CT molecular complexity index is 1240. The number of nitrogens with zero attached hydrogens (tertiary/aromatic N) is 3. The number of imidazole rings is 1. The molecule has 0 spiro atoms. The lowest BCUT2D eigenvalue weighted by Crippen LogP contribution is -2.64. The maximum Gasteiger partial charge on any atom is 0.480 e. The smallest absolute Gasteiger partial charge is 0.452 e. The quantitative estimate of drug-likeness (QED) is 0.260. The van der Waals surface area contributed by atoms with E-state index in [-0.39, 0.29) is 0 Å². The standard InChI is InChI=1S/C21H34BN2O2.C2F6NO4S2/c1-13(2)17-11-25-19-20-24(18(12-26-20)14(3)4)21(23(17)19)22-15-7-5-8-16(22)10-6-9-15;3-1(4,5)14(10,11)9-15(12,13)2(6,7)8/h13-18H,5-12H2,1-4H3;/q+1;-1/t15?,16?,17-,18-;/m1./s1. The van der Waals surface area contributed by atoms with Gasteiger partial charge < -0.3 is 13.6 Å². The molecule has 2 bridgehead atoms. The Balaban J connectivity index is 0.000000223. The normalized spacial score (nSPS) is 26.3. The summed E-state index contributed by atoms with van der Waals surface area (Å²) < 4.78 is 127. The van der Waals surface area contributed by atoms with Gasteiger partial charge in [-0.1, -0.05) is 66.2 Å². The van der Waals surface area contributed by atoms with Crippen molar-refractivity contribution in [2.45, 2.75) is 101 Å². The largest absolute Gasteiger partial charge is 0.480 e. The van der Waals surface area contributed by atoms with Crippen molar-refractivity contribution >= 4 is 32.5 Å². The average Bonchev–Trinajstić information content (AvgIpc) is 3.48. The Labute approximate surface area is 236 Å².